The molecule has 0 saturated heterocycles. The van der Waals surface area contributed by atoms with Crippen LogP contribution in [0.2, 0.25) is 0 Å². The molecule has 0 radical (unpaired) electrons. The zero-order valence-corrected chi connectivity index (χ0v) is 14.9. The van der Waals surface area contributed by atoms with Crippen LogP contribution in [0.3, 0.4) is 0 Å². The van der Waals surface area contributed by atoms with E-state index in [-0.39, 0.29) is 19.4 Å². The van der Waals surface area contributed by atoms with E-state index in [0.717, 1.165) is 18.2 Å². The Hall–Kier alpha value is -2.29. The van der Waals surface area contributed by atoms with Crippen molar-refractivity contribution in [1.82, 2.24) is 5.32 Å². The van der Waals surface area contributed by atoms with E-state index in [1.807, 2.05) is 0 Å². The molecule has 146 valence electrons. The highest BCUT2D eigenvalue weighted by Gasteiger charge is 2.39. The summed E-state index contributed by atoms with van der Waals surface area (Å²) >= 11 is 3.28. The van der Waals surface area contributed by atoms with E-state index in [1.54, 1.807) is 13.0 Å². The lowest BCUT2D eigenvalue weighted by atomic mass is 9.99. The van der Waals surface area contributed by atoms with Crippen LogP contribution in [0.4, 0.5) is 22.0 Å². The molecule has 0 spiro atoms. The van der Waals surface area contributed by atoms with E-state index in [0.29, 0.717) is 21.2 Å². The van der Waals surface area contributed by atoms with Gasteiger partial charge in [0.2, 0.25) is 0 Å². The summed E-state index contributed by atoms with van der Waals surface area (Å²) in [7, 11) is 0. The van der Waals surface area contributed by atoms with Crippen molar-refractivity contribution in [3.05, 3.63) is 68.7 Å². The second kappa shape index (κ2) is 8.60. The van der Waals surface area contributed by atoms with Crippen molar-refractivity contribution < 1.29 is 26.7 Å². The molecule has 0 unspecified atom stereocenters. The number of carbonyl (C=O) groups is 1. The smallest absolute Gasteiger partial charge is 0.303 e. The van der Waals surface area contributed by atoms with Crippen LogP contribution in [0, 0.1) is 24.0 Å². The van der Waals surface area contributed by atoms with E-state index in [2.05, 4.69) is 15.9 Å². The number of hydrogen-bond acceptors (Lipinski definition) is 2. The molecule has 0 saturated carbocycles. The van der Waals surface area contributed by atoms with Gasteiger partial charge in [0.1, 0.15) is 17.5 Å². The number of hydrogen-bond donors (Lipinski definition) is 2. The molecule has 2 N–H and O–H groups in total. The number of aryl methyl sites for hydroxylation is 1. The normalized spacial score (nSPS) is 10.9. The van der Waals surface area contributed by atoms with Gasteiger partial charge < -0.3 is 5.32 Å². The Morgan fingerprint density at radius 2 is 1.67 bits per heavy atom. The quantitative estimate of drug-likeness (QED) is 0.373. The molecule has 0 aliphatic rings. The molecule has 2 aromatic carbocycles. The van der Waals surface area contributed by atoms with Gasteiger partial charge in [-0.15, -0.1) is 0 Å². The van der Waals surface area contributed by atoms with Gasteiger partial charge in [-0.3, -0.25) is 10.2 Å². The number of carbonyl (C=O) groups excluding carboxylic acids is 1. The lowest BCUT2D eigenvalue weighted by molar-refractivity contribution is -0.171. The highest BCUT2D eigenvalue weighted by molar-refractivity contribution is 9.10. The molecule has 2 aromatic rings. The van der Waals surface area contributed by atoms with Gasteiger partial charge in [0, 0.05) is 16.1 Å². The van der Waals surface area contributed by atoms with Gasteiger partial charge in [-0.2, -0.15) is 13.2 Å². The average molecular weight is 451 g/mol. The standard InChI is InChI=1S/C17H12BrF5N2O.CH4/c1-8-2-14(18)10(3-9-4-11(19)7-12(20)5-9)6-13(8)15(24)25-16(26)17(21,22)23;/h2,4-7H,3H2,1H3,(H2,24,25,26);1H4. The Morgan fingerprint density at radius 3 is 2.19 bits per heavy atom. The fourth-order valence-electron chi connectivity index (χ4n) is 2.31. The molecular formula is C18H16BrF5N2O. The molecule has 0 heterocycles. The van der Waals surface area contributed by atoms with Crippen molar-refractivity contribution in [3.8, 4) is 0 Å². The summed E-state index contributed by atoms with van der Waals surface area (Å²) in [6.45, 7) is 1.56. The summed E-state index contributed by atoms with van der Waals surface area (Å²) in [5.41, 5.74) is 1.31. The zero-order chi connectivity index (χ0) is 19.6. The molecule has 0 fully saturated rings. The van der Waals surface area contributed by atoms with E-state index in [4.69, 9.17) is 5.41 Å². The lowest BCUT2D eigenvalue weighted by Crippen LogP contribution is -2.40. The summed E-state index contributed by atoms with van der Waals surface area (Å²) in [4.78, 5) is 11.0. The van der Waals surface area contributed by atoms with Crippen LogP contribution >= 0.6 is 15.9 Å². The fourth-order valence-corrected chi connectivity index (χ4v) is 2.91. The molecule has 2 rings (SSSR count). The fraction of sp³-hybridized carbons (Fsp3) is 0.222. The first-order valence-electron chi connectivity index (χ1n) is 7.18. The molecule has 27 heavy (non-hydrogen) atoms. The van der Waals surface area contributed by atoms with Crippen molar-refractivity contribution >= 4 is 27.7 Å². The minimum Gasteiger partial charge on any atom is -0.303 e. The maximum absolute atomic E-state index is 13.3. The summed E-state index contributed by atoms with van der Waals surface area (Å²) in [5, 5.41) is 9.22. The van der Waals surface area contributed by atoms with E-state index in [1.165, 1.54) is 11.4 Å². The molecule has 0 atom stereocenters. The number of nitrogens with one attached hydrogen (secondary N) is 2. The number of benzene rings is 2. The first-order valence-corrected chi connectivity index (χ1v) is 7.97. The van der Waals surface area contributed by atoms with Crippen LogP contribution in [0.15, 0.2) is 34.8 Å². The van der Waals surface area contributed by atoms with E-state index in [9.17, 15) is 26.7 Å². The Labute approximate surface area is 161 Å². The predicted molar refractivity (Wildman–Crippen MR) is 95.8 cm³/mol. The average Bonchev–Trinajstić information content (AvgIpc) is 2.47. The van der Waals surface area contributed by atoms with Crippen molar-refractivity contribution in [1.29, 1.82) is 5.41 Å². The number of amidine groups is 1. The summed E-state index contributed by atoms with van der Waals surface area (Å²) < 4.78 is 64.2. The zero-order valence-electron chi connectivity index (χ0n) is 13.3. The Bertz CT molecular complexity index is 861. The molecule has 9 heteroatoms. The molecule has 0 aliphatic carbocycles. The number of amides is 1. The van der Waals surface area contributed by atoms with Crippen LogP contribution in [-0.2, 0) is 11.2 Å². The minimum atomic E-state index is -5.11. The number of rotatable bonds is 3. The molecular weight excluding hydrogens is 435 g/mol. The van der Waals surface area contributed by atoms with Crippen LogP contribution in [-0.4, -0.2) is 17.9 Å². The first-order chi connectivity index (χ1) is 12.0. The van der Waals surface area contributed by atoms with Gasteiger partial charge in [0.05, 0.1) is 0 Å². The van der Waals surface area contributed by atoms with Gasteiger partial charge in [0.25, 0.3) is 0 Å². The summed E-state index contributed by atoms with van der Waals surface area (Å²) in [5.74, 6) is -4.48. The molecule has 1 amide bonds. The van der Waals surface area contributed by atoms with Gasteiger partial charge in [-0.1, -0.05) is 23.4 Å². The SMILES string of the molecule is C.Cc1cc(Br)c(Cc2cc(F)cc(F)c2)cc1C(=N)NC(=O)C(F)(F)F. The second-order valence-corrected chi connectivity index (χ2v) is 6.39. The molecule has 3 nitrogen and oxygen atoms in total. The summed E-state index contributed by atoms with van der Waals surface area (Å²) in [6, 6.07) is 5.93. The first kappa shape index (κ1) is 22.8. The van der Waals surface area contributed by atoms with Crippen LogP contribution in [0.5, 0.6) is 0 Å². The number of alkyl halides is 3. The van der Waals surface area contributed by atoms with Crippen LogP contribution in [0.1, 0.15) is 29.7 Å². The van der Waals surface area contributed by atoms with Crippen LogP contribution in [0.25, 0.3) is 0 Å². The second-order valence-electron chi connectivity index (χ2n) is 5.54. The van der Waals surface area contributed by atoms with Crippen molar-refractivity contribution in [2.75, 3.05) is 0 Å². The van der Waals surface area contributed by atoms with Crippen molar-refractivity contribution in [2.24, 2.45) is 0 Å². The molecule has 0 aromatic heterocycles. The largest absolute Gasteiger partial charge is 0.471 e. The third kappa shape index (κ3) is 5.85. The van der Waals surface area contributed by atoms with Gasteiger partial charge >= 0.3 is 12.1 Å². The highest BCUT2D eigenvalue weighted by atomic mass is 79.9. The van der Waals surface area contributed by atoms with Crippen LogP contribution < -0.4 is 5.32 Å². The van der Waals surface area contributed by atoms with Crippen molar-refractivity contribution in [2.45, 2.75) is 26.9 Å². The van der Waals surface area contributed by atoms with E-state index >= 15 is 0 Å². The molecule has 0 aliphatic heterocycles. The van der Waals surface area contributed by atoms with E-state index < -0.39 is 29.6 Å². The summed E-state index contributed by atoms with van der Waals surface area (Å²) in [6.07, 6.45) is -5.04. The Balaban J connectivity index is 0.00000364. The van der Waals surface area contributed by atoms with Gasteiger partial charge in [-0.05, 0) is 54.3 Å². The Morgan fingerprint density at radius 1 is 1.11 bits per heavy atom. The highest BCUT2D eigenvalue weighted by Crippen LogP contribution is 2.25. The van der Waals surface area contributed by atoms with Crippen molar-refractivity contribution in [3.63, 3.8) is 0 Å². The maximum Gasteiger partial charge on any atom is 0.471 e. The topological polar surface area (TPSA) is 53.0 Å². The monoisotopic (exact) mass is 450 g/mol. The van der Waals surface area contributed by atoms with Gasteiger partial charge in [-0.25, -0.2) is 8.78 Å². The maximum atomic E-state index is 13.3. The third-order valence-corrected chi connectivity index (χ3v) is 4.21. The Kier molecular flexibility index (Phi) is 7.25. The predicted octanol–water partition coefficient (Wildman–Crippen LogP) is 5.27. The van der Waals surface area contributed by atoms with Gasteiger partial charge in [0.15, 0.2) is 0 Å². The minimum absolute atomic E-state index is 0. The number of halogens is 6. The lowest BCUT2D eigenvalue weighted by Gasteiger charge is -2.14. The third-order valence-electron chi connectivity index (χ3n) is 3.48. The molecule has 0 bridgehead atoms.